The number of amides is 3. The van der Waals surface area contributed by atoms with Crippen molar-refractivity contribution in [3.63, 3.8) is 0 Å². The molecule has 2 heterocycles. The van der Waals surface area contributed by atoms with Gasteiger partial charge in [0.05, 0.1) is 32.1 Å². The van der Waals surface area contributed by atoms with Crippen LogP contribution in [-0.2, 0) is 4.79 Å². The van der Waals surface area contributed by atoms with E-state index in [-0.39, 0.29) is 22.8 Å². The van der Waals surface area contributed by atoms with Crippen molar-refractivity contribution in [2.75, 3.05) is 16.0 Å². The number of fused-ring (bicyclic) bond motifs is 2. The number of nitrogens with zero attached hydrogens (tertiary/aromatic N) is 3. The highest BCUT2D eigenvalue weighted by molar-refractivity contribution is 9.10. The molecule has 12 heteroatoms. The summed E-state index contributed by atoms with van der Waals surface area (Å²) in [6, 6.07) is 16.1. The van der Waals surface area contributed by atoms with Gasteiger partial charge in [0.1, 0.15) is 5.56 Å². The third-order valence-electron chi connectivity index (χ3n) is 5.15. The average molecular weight is 569 g/mol. The van der Waals surface area contributed by atoms with Gasteiger partial charge in [-0.25, -0.2) is 9.88 Å². The number of anilines is 2. The first-order valence-electron chi connectivity index (χ1n) is 10.1. The normalized spacial score (nSPS) is 12.8. The van der Waals surface area contributed by atoms with Crippen LogP contribution in [0, 0.1) is 10.1 Å². The van der Waals surface area contributed by atoms with Crippen LogP contribution in [0.1, 0.15) is 20.7 Å². The average Bonchev–Trinajstić information content (AvgIpc) is 3.36. The van der Waals surface area contributed by atoms with Crippen LogP contribution in [-0.4, -0.2) is 33.4 Å². The van der Waals surface area contributed by atoms with Crippen LogP contribution in [0.2, 0.25) is 0 Å². The van der Waals surface area contributed by atoms with E-state index < -0.39 is 22.4 Å². The number of nitro groups is 1. The summed E-state index contributed by atoms with van der Waals surface area (Å²) in [4.78, 5) is 54.2. The van der Waals surface area contributed by atoms with E-state index in [9.17, 15) is 24.5 Å². The van der Waals surface area contributed by atoms with Gasteiger partial charge in [-0.05, 0) is 48.5 Å². The fourth-order valence-corrected chi connectivity index (χ4v) is 5.77. The summed E-state index contributed by atoms with van der Waals surface area (Å²) < 4.78 is 2.28. The zero-order chi connectivity index (χ0) is 24.7. The molecule has 5 rings (SSSR count). The summed E-state index contributed by atoms with van der Waals surface area (Å²) in [6.45, 7) is 0. The first kappa shape index (κ1) is 23.1. The lowest BCUT2D eigenvalue weighted by Gasteiger charge is -2.13. The minimum atomic E-state index is -0.736. The molecule has 3 aromatic carbocycles. The van der Waals surface area contributed by atoms with Crippen LogP contribution in [0.25, 0.3) is 10.2 Å². The van der Waals surface area contributed by atoms with Crippen molar-refractivity contribution in [3.05, 3.63) is 86.4 Å². The molecule has 1 aromatic heterocycles. The second-order valence-corrected chi connectivity index (χ2v) is 10.5. The van der Waals surface area contributed by atoms with Crippen molar-refractivity contribution in [1.82, 2.24) is 4.98 Å². The molecule has 0 radical (unpaired) electrons. The van der Waals surface area contributed by atoms with Crippen molar-refractivity contribution in [1.29, 1.82) is 0 Å². The molecule has 0 aliphatic carbocycles. The van der Waals surface area contributed by atoms with E-state index in [1.54, 1.807) is 30.3 Å². The minimum Gasteiger partial charge on any atom is -0.325 e. The largest absolute Gasteiger partial charge is 0.325 e. The molecule has 1 aliphatic rings. The monoisotopic (exact) mass is 568 g/mol. The molecule has 1 N–H and O–H groups in total. The number of hydrogen-bond acceptors (Lipinski definition) is 8. The quantitative estimate of drug-likeness (QED) is 0.141. The van der Waals surface area contributed by atoms with E-state index >= 15 is 0 Å². The van der Waals surface area contributed by atoms with Crippen molar-refractivity contribution in [2.24, 2.45) is 0 Å². The molecule has 0 fully saturated rings. The Hall–Kier alpha value is -3.61. The van der Waals surface area contributed by atoms with Crippen molar-refractivity contribution < 1.29 is 19.3 Å². The molecule has 3 amide bonds. The number of rotatable bonds is 6. The Morgan fingerprint density at radius 1 is 1.11 bits per heavy atom. The lowest BCUT2D eigenvalue weighted by Crippen LogP contribution is -2.29. The van der Waals surface area contributed by atoms with Gasteiger partial charge >= 0.3 is 0 Å². The topological polar surface area (TPSA) is 123 Å². The maximum atomic E-state index is 13.0. The van der Waals surface area contributed by atoms with E-state index in [0.29, 0.717) is 25.9 Å². The number of nitrogens with one attached hydrogen (secondary N) is 1. The van der Waals surface area contributed by atoms with Crippen molar-refractivity contribution in [2.45, 2.75) is 4.34 Å². The molecule has 9 nitrogen and oxygen atoms in total. The maximum absolute atomic E-state index is 13.0. The molecule has 0 saturated carbocycles. The SMILES string of the molecule is O=C(CSc1nc2ccc(N3C(=O)c4cccc([N+](=O)[O-])c4C3=O)cc2s1)Nc1ccc(Br)cc1. The number of hydrogen-bond donors (Lipinski definition) is 1. The Bertz CT molecular complexity index is 1540. The van der Waals surface area contributed by atoms with E-state index in [0.717, 1.165) is 9.37 Å². The number of halogens is 1. The number of thioether (sulfide) groups is 1. The number of aromatic nitrogens is 1. The van der Waals surface area contributed by atoms with E-state index in [2.05, 4.69) is 26.2 Å². The number of benzene rings is 3. The zero-order valence-corrected chi connectivity index (χ0v) is 20.8. The van der Waals surface area contributed by atoms with Gasteiger partial charge < -0.3 is 5.32 Å². The Morgan fingerprint density at radius 2 is 1.89 bits per heavy atom. The van der Waals surface area contributed by atoms with Crippen molar-refractivity contribution >= 4 is 84.0 Å². The number of nitro benzene ring substituents is 1. The first-order valence-corrected chi connectivity index (χ1v) is 12.7. The molecule has 0 bridgehead atoms. The molecule has 0 saturated heterocycles. The van der Waals surface area contributed by atoms with Crippen LogP contribution in [0.3, 0.4) is 0 Å². The highest BCUT2D eigenvalue weighted by Gasteiger charge is 2.41. The second-order valence-electron chi connectivity index (χ2n) is 7.38. The summed E-state index contributed by atoms with van der Waals surface area (Å²) in [5.74, 6) is -1.37. The number of imide groups is 1. The summed E-state index contributed by atoms with van der Waals surface area (Å²) in [5, 5.41) is 14.2. The highest BCUT2D eigenvalue weighted by Crippen LogP contribution is 2.37. The molecular formula is C23H13BrN4O5S2. The Morgan fingerprint density at radius 3 is 2.63 bits per heavy atom. The predicted molar refractivity (Wildman–Crippen MR) is 137 cm³/mol. The Labute approximate surface area is 214 Å². The van der Waals surface area contributed by atoms with Gasteiger partial charge in [0, 0.05) is 16.2 Å². The van der Waals surface area contributed by atoms with E-state index in [1.807, 2.05) is 12.1 Å². The third kappa shape index (κ3) is 4.43. The van der Waals surface area contributed by atoms with Crippen LogP contribution < -0.4 is 10.2 Å². The molecule has 174 valence electrons. The fourth-order valence-electron chi connectivity index (χ4n) is 3.60. The van der Waals surface area contributed by atoms with Crippen LogP contribution in [0.5, 0.6) is 0 Å². The van der Waals surface area contributed by atoms with Gasteiger partial charge in [0.25, 0.3) is 17.5 Å². The molecule has 0 unspecified atom stereocenters. The number of thiazole rings is 1. The van der Waals surface area contributed by atoms with Crippen molar-refractivity contribution in [3.8, 4) is 0 Å². The lowest BCUT2D eigenvalue weighted by atomic mass is 10.1. The van der Waals surface area contributed by atoms with Crippen LogP contribution >= 0.6 is 39.0 Å². The van der Waals surface area contributed by atoms with Gasteiger partial charge in [-0.2, -0.15) is 0 Å². The van der Waals surface area contributed by atoms with E-state index in [1.165, 1.54) is 41.3 Å². The molecule has 0 atom stereocenters. The van der Waals surface area contributed by atoms with Gasteiger partial charge in [0.15, 0.2) is 4.34 Å². The first-order chi connectivity index (χ1) is 16.8. The summed E-state index contributed by atoms with van der Waals surface area (Å²) in [6.07, 6.45) is 0. The fraction of sp³-hybridized carbons (Fsp3) is 0.0435. The second kappa shape index (κ2) is 9.21. The zero-order valence-electron chi connectivity index (χ0n) is 17.6. The molecule has 1 aliphatic heterocycles. The molecule has 0 spiro atoms. The standard InChI is InChI=1S/C23H13BrN4O5S2/c24-12-4-6-13(7-5-12)25-19(29)11-34-23-26-16-9-8-14(10-18(16)35-23)27-21(30)15-2-1-3-17(28(32)33)20(15)22(27)31/h1-10H,11H2,(H,25,29). The predicted octanol–water partition coefficient (Wildman–Crippen LogP) is 5.50. The van der Waals surface area contributed by atoms with Crippen LogP contribution in [0.15, 0.2) is 69.5 Å². The van der Waals surface area contributed by atoms with Gasteiger partial charge in [0.2, 0.25) is 5.91 Å². The Kier molecular flexibility index (Phi) is 6.09. The smallest absolute Gasteiger partial charge is 0.283 e. The third-order valence-corrected chi connectivity index (χ3v) is 7.84. The van der Waals surface area contributed by atoms with Gasteiger partial charge in [-0.1, -0.05) is 33.8 Å². The van der Waals surface area contributed by atoms with E-state index in [4.69, 9.17) is 0 Å². The molecular weight excluding hydrogens is 556 g/mol. The maximum Gasteiger partial charge on any atom is 0.283 e. The van der Waals surface area contributed by atoms with Gasteiger partial charge in [-0.15, -0.1) is 11.3 Å². The number of carbonyl (C=O) groups is 3. The molecule has 4 aromatic rings. The lowest BCUT2D eigenvalue weighted by molar-refractivity contribution is -0.385. The van der Waals surface area contributed by atoms with Gasteiger partial charge in [-0.3, -0.25) is 24.5 Å². The minimum absolute atomic E-state index is 0.00151. The summed E-state index contributed by atoms with van der Waals surface area (Å²) in [5.41, 5.74) is 1.03. The van der Waals surface area contributed by atoms with Crippen LogP contribution in [0.4, 0.5) is 17.1 Å². The molecule has 35 heavy (non-hydrogen) atoms. The Balaban J connectivity index is 1.34. The number of carbonyl (C=O) groups excluding carboxylic acids is 3. The summed E-state index contributed by atoms with van der Waals surface area (Å²) in [7, 11) is 0. The highest BCUT2D eigenvalue weighted by atomic mass is 79.9. The summed E-state index contributed by atoms with van der Waals surface area (Å²) >= 11 is 5.95.